The van der Waals surface area contributed by atoms with Crippen LogP contribution in [0.3, 0.4) is 0 Å². The van der Waals surface area contributed by atoms with Crippen molar-refractivity contribution in [3.63, 3.8) is 0 Å². The predicted octanol–water partition coefficient (Wildman–Crippen LogP) is 0.806. The van der Waals surface area contributed by atoms with Gasteiger partial charge >= 0.3 is 0 Å². The first-order valence-electron chi connectivity index (χ1n) is 9.61. The van der Waals surface area contributed by atoms with Crippen LogP contribution in [0.25, 0.3) is 0 Å². The number of para-hydroxylation sites is 1. The van der Waals surface area contributed by atoms with Gasteiger partial charge in [-0.05, 0) is 38.1 Å². The zero-order valence-corrected chi connectivity index (χ0v) is 17.4. The standard InChI is InChI=1S/C21H25N3O4S/c1-16(21(26)22-20-11-7-6-10-19(20)17(2)25)23-12-14-24(15-13-23)29(27,28)18-8-4-3-5-9-18/h3-11,16H,12-15H2,1-2H3,(H,22,26)/p+1/t16-/m0/s1. The summed E-state index contributed by atoms with van der Waals surface area (Å²) < 4.78 is 27.0. The highest BCUT2D eigenvalue weighted by Gasteiger charge is 2.34. The van der Waals surface area contributed by atoms with Gasteiger partial charge in [-0.25, -0.2) is 8.42 Å². The molecule has 0 radical (unpaired) electrons. The quantitative estimate of drug-likeness (QED) is 0.682. The van der Waals surface area contributed by atoms with Crippen molar-refractivity contribution in [2.45, 2.75) is 24.8 Å². The summed E-state index contributed by atoms with van der Waals surface area (Å²) in [4.78, 5) is 25.8. The van der Waals surface area contributed by atoms with Gasteiger partial charge < -0.3 is 10.2 Å². The molecule has 1 aliphatic rings. The SMILES string of the molecule is CC(=O)c1ccccc1NC(=O)[C@H](C)[NH+]1CCN(S(=O)(=O)c2ccccc2)CC1. The molecule has 1 fully saturated rings. The molecular weight excluding hydrogens is 390 g/mol. The average molecular weight is 417 g/mol. The topological polar surface area (TPSA) is 88.0 Å². The Bertz CT molecular complexity index is 984. The number of carbonyl (C=O) groups is 2. The largest absolute Gasteiger partial charge is 0.323 e. The maximum atomic E-state index is 12.7. The molecule has 1 aliphatic heterocycles. The van der Waals surface area contributed by atoms with Crippen LogP contribution >= 0.6 is 0 Å². The molecule has 154 valence electrons. The molecule has 1 amide bonds. The molecule has 1 atom stereocenters. The van der Waals surface area contributed by atoms with E-state index in [9.17, 15) is 18.0 Å². The van der Waals surface area contributed by atoms with E-state index >= 15 is 0 Å². The molecule has 0 aliphatic carbocycles. The number of amides is 1. The highest BCUT2D eigenvalue weighted by Crippen LogP contribution is 2.16. The lowest BCUT2D eigenvalue weighted by atomic mass is 10.1. The number of ketones is 1. The highest BCUT2D eigenvalue weighted by atomic mass is 32.2. The minimum Gasteiger partial charge on any atom is -0.323 e. The number of anilines is 1. The third-order valence-electron chi connectivity index (χ3n) is 5.32. The first-order chi connectivity index (χ1) is 13.8. The van der Waals surface area contributed by atoms with E-state index < -0.39 is 10.0 Å². The average Bonchev–Trinajstić information content (AvgIpc) is 2.74. The molecule has 1 heterocycles. The van der Waals surface area contributed by atoms with E-state index in [-0.39, 0.29) is 22.6 Å². The number of quaternary nitrogens is 1. The Morgan fingerprint density at radius 2 is 1.59 bits per heavy atom. The Labute approximate surface area is 171 Å². The minimum absolute atomic E-state index is 0.111. The van der Waals surface area contributed by atoms with Crippen LogP contribution in [0.1, 0.15) is 24.2 Å². The first-order valence-corrected chi connectivity index (χ1v) is 11.1. The summed E-state index contributed by atoms with van der Waals surface area (Å²) in [5.41, 5.74) is 0.975. The second kappa shape index (κ2) is 8.86. The third kappa shape index (κ3) is 4.72. The maximum absolute atomic E-state index is 12.7. The molecule has 8 heteroatoms. The molecule has 0 unspecified atom stereocenters. The highest BCUT2D eigenvalue weighted by molar-refractivity contribution is 7.89. The van der Waals surface area contributed by atoms with Crippen LogP contribution in [0.2, 0.25) is 0 Å². The van der Waals surface area contributed by atoms with Gasteiger partial charge in [0.05, 0.1) is 36.8 Å². The second-order valence-electron chi connectivity index (χ2n) is 7.19. The number of piperazine rings is 1. The zero-order valence-electron chi connectivity index (χ0n) is 16.6. The molecule has 0 aromatic heterocycles. The van der Waals surface area contributed by atoms with Crippen molar-refractivity contribution < 1.29 is 22.9 Å². The van der Waals surface area contributed by atoms with Gasteiger partial charge in [0.2, 0.25) is 10.0 Å². The number of nitrogens with one attached hydrogen (secondary N) is 2. The van der Waals surface area contributed by atoms with Crippen molar-refractivity contribution in [1.82, 2.24) is 4.31 Å². The fraction of sp³-hybridized carbons (Fsp3) is 0.333. The molecule has 3 rings (SSSR count). The van der Waals surface area contributed by atoms with E-state index in [4.69, 9.17) is 0 Å². The normalized spacial score (nSPS) is 16.9. The molecule has 1 saturated heterocycles. The van der Waals surface area contributed by atoms with Crippen LogP contribution in [0.5, 0.6) is 0 Å². The minimum atomic E-state index is -3.51. The fourth-order valence-electron chi connectivity index (χ4n) is 3.51. The number of nitrogens with zero attached hydrogens (tertiary/aromatic N) is 1. The van der Waals surface area contributed by atoms with Crippen LogP contribution in [0.4, 0.5) is 5.69 Å². The summed E-state index contributed by atoms with van der Waals surface area (Å²) in [6, 6.07) is 14.9. The molecule has 0 bridgehead atoms. The number of hydrogen-bond acceptors (Lipinski definition) is 4. The summed E-state index contributed by atoms with van der Waals surface area (Å²) in [6.07, 6.45) is 0. The zero-order chi connectivity index (χ0) is 21.0. The molecule has 2 aromatic carbocycles. The summed E-state index contributed by atoms with van der Waals surface area (Å²) >= 11 is 0. The number of benzene rings is 2. The third-order valence-corrected chi connectivity index (χ3v) is 7.23. The Hall–Kier alpha value is -2.55. The van der Waals surface area contributed by atoms with E-state index in [2.05, 4.69) is 5.32 Å². The number of Topliss-reactive ketones (excluding diaryl/α,β-unsaturated/α-hetero) is 1. The monoisotopic (exact) mass is 416 g/mol. The van der Waals surface area contributed by atoms with Crippen LogP contribution in [-0.4, -0.2) is 56.6 Å². The van der Waals surface area contributed by atoms with Crippen LogP contribution in [-0.2, 0) is 14.8 Å². The fourth-order valence-corrected chi connectivity index (χ4v) is 4.98. The number of carbonyl (C=O) groups excluding carboxylic acids is 2. The van der Waals surface area contributed by atoms with Gasteiger partial charge in [0.25, 0.3) is 5.91 Å². The first kappa shape index (κ1) is 21.2. The van der Waals surface area contributed by atoms with Gasteiger partial charge in [-0.2, -0.15) is 4.31 Å². The number of rotatable bonds is 6. The Kier molecular flexibility index (Phi) is 6.46. The van der Waals surface area contributed by atoms with Gasteiger partial charge in [-0.15, -0.1) is 0 Å². The summed E-state index contributed by atoms with van der Waals surface area (Å²) in [5.74, 6) is -0.298. The lowest BCUT2D eigenvalue weighted by Gasteiger charge is -2.34. The van der Waals surface area contributed by atoms with Crippen molar-refractivity contribution in [1.29, 1.82) is 0 Å². The van der Waals surface area contributed by atoms with Crippen LogP contribution < -0.4 is 10.2 Å². The Balaban J connectivity index is 1.62. The van der Waals surface area contributed by atoms with Crippen molar-refractivity contribution in [3.05, 3.63) is 60.2 Å². The van der Waals surface area contributed by atoms with Gasteiger partial charge in [0, 0.05) is 5.56 Å². The van der Waals surface area contributed by atoms with Crippen molar-refractivity contribution >= 4 is 27.4 Å². The molecule has 0 saturated carbocycles. The molecular formula is C21H26N3O4S+. The number of sulfonamides is 1. The van der Waals surface area contributed by atoms with E-state index in [1.165, 1.54) is 11.2 Å². The van der Waals surface area contributed by atoms with Gasteiger partial charge in [-0.1, -0.05) is 30.3 Å². The Morgan fingerprint density at radius 3 is 2.21 bits per heavy atom. The maximum Gasteiger partial charge on any atom is 0.282 e. The second-order valence-corrected chi connectivity index (χ2v) is 9.13. The van der Waals surface area contributed by atoms with Gasteiger partial charge in [-0.3, -0.25) is 9.59 Å². The van der Waals surface area contributed by atoms with Gasteiger partial charge in [0.15, 0.2) is 11.8 Å². The predicted molar refractivity (Wildman–Crippen MR) is 110 cm³/mol. The summed E-state index contributed by atoms with van der Waals surface area (Å²) in [5, 5.41) is 2.84. The summed E-state index contributed by atoms with van der Waals surface area (Å²) in [6.45, 7) is 5.07. The number of hydrogen-bond donors (Lipinski definition) is 2. The molecule has 7 nitrogen and oxygen atoms in total. The Morgan fingerprint density at radius 1 is 1.00 bits per heavy atom. The van der Waals surface area contributed by atoms with Crippen LogP contribution in [0.15, 0.2) is 59.5 Å². The van der Waals surface area contributed by atoms with E-state index in [1.807, 2.05) is 6.92 Å². The van der Waals surface area contributed by atoms with Crippen molar-refractivity contribution in [2.24, 2.45) is 0 Å². The van der Waals surface area contributed by atoms with Crippen LogP contribution in [0, 0.1) is 0 Å². The molecule has 29 heavy (non-hydrogen) atoms. The van der Waals surface area contributed by atoms with E-state index in [0.717, 1.165) is 4.90 Å². The lowest BCUT2D eigenvalue weighted by Crippen LogP contribution is -3.19. The smallest absolute Gasteiger partial charge is 0.282 e. The van der Waals surface area contributed by atoms with Crippen molar-refractivity contribution in [2.75, 3.05) is 31.5 Å². The molecule has 2 N–H and O–H groups in total. The lowest BCUT2D eigenvalue weighted by molar-refractivity contribution is -0.917. The molecule has 2 aromatic rings. The van der Waals surface area contributed by atoms with E-state index in [0.29, 0.717) is 37.4 Å². The van der Waals surface area contributed by atoms with E-state index in [1.54, 1.807) is 54.6 Å². The van der Waals surface area contributed by atoms with Gasteiger partial charge in [0.1, 0.15) is 0 Å². The summed E-state index contributed by atoms with van der Waals surface area (Å²) in [7, 11) is -3.51. The van der Waals surface area contributed by atoms with Crippen molar-refractivity contribution in [3.8, 4) is 0 Å². The molecule has 0 spiro atoms.